The Bertz CT molecular complexity index is 691. The van der Waals surface area contributed by atoms with Crippen LogP contribution in [0.25, 0.3) is 0 Å². The Morgan fingerprint density at radius 3 is 1.25 bits per heavy atom. The zero-order chi connectivity index (χ0) is 26.2. The summed E-state index contributed by atoms with van der Waals surface area (Å²) in [7, 11) is 4.79. The third kappa shape index (κ3) is 20.6. The fourth-order valence-electron chi connectivity index (χ4n) is 4.81. The Kier molecular flexibility index (Phi) is 20.3. The first-order valence-electron chi connectivity index (χ1n) is 15.4. The summed E-state index contributed by atoms with van der Waals surface area (Å²) in [6, 6.07) is 21.2. The molecule has 0 saturated heterocycles. The van der Waals surface area contributed by atoms with Crippen LogP contribution < -0.4 is 0 Å². The maximum absolute atomic E-state index is 2.40. The molecule has 0 atom stereocenters. The van der Waals surface area contributed by atoms with E-state index in [-0.39, 0.29) is 0 Å². The van der Waals surface area contributed by atoms with Gasteiger partial charge in [0.1, 0.15) is 0 Å². The summed E-state index contributed by atoms with van der Waals surface area (Å²) in [5, 5.41) is 0. The van der Waals surface area contributed by atoms with Crippen LogP contribution in [-0.4, -0.2) is 31.7 Å². The average Bonchev–Trinajstić information content (AvgIpc) is 2.89. The van der Waals surface area contributed by atoms with E-state index >= 15 is 0 Å². The molecule has 0 heterocycles. The molecule has 0 saturated carbocycles. The molecule has 0 aliphatic rings. The summed E-state index contributed by atoms with van der Waals surface area (Å²) < 4.78 is 1.16. The molecule has 36 heavy (non-hydrogen) atoms. The van der Waals surface area contributed by atoms with Gasteiger partial charge in [0.25, 0.3) is 0 Å². The molecule has 1 nitrogen and oxygen atoms in total. The number of aryl methyl sites for hydroxylation is 1. The number of quaternary nitrogens is 1. The van der Waals surface area contributed by atoms with Crippen molar-refractivity contribution >= 4 is 0 Å². The molecule has 1 heteroatoms. The first-order valence-corrected chi connectivity index (χ1v) is 15.4. The highest BCUT2D eigenvalue weighted by molar-refractivity contribution is 5.14. The lowest BCUT2D eigenvalue weighted by Crippen LogP contribution is -2.42. The van der Waals surface area contributed by atoms with Gasteiger partial charge in [-0.15, -0.1) is 0 Å². The summed E-state index contributed by atoms with van der Waals surface area (Å²) in [5.74, 6) is 0. The highest BCUT2D eigenvalue weighted by atomic mass is 15.3. The summed E-state index contributed by atoms with van der Waals surface area (Å²) in [6.07, 6.45) is 24.4. The maximum atomic E-state index is 2.40. The van der Waals surface area contributed by atoms with Gasteiger partial charge in [0.15, 0.2) is 0 Å². The van der Waals surface area contributed by atoms with Crippen LogP contribution >= 0.6 is 0 Å². The molecule has 0 unspecified atom stereocenters. The van der Waals surface area contributed by atoms with E-state index in [1.807, 2.05) is 18.2 Å². The van der Waals surface area contributed by atoms with Gasteiger partial charge in [-0.3, -0.25) is 0 Å². The molecule has 0 fully saturated rings. The van der Waals surface area contributed by atoms with Gasteiger partial charge < -0.3 is 4.48 Å². The van der Waals surface area contributed by atoms with Crippen molar-refractivity contribution in [3.05, 3.63) is 71.8 Å². The number of benzene rings is 2. The van der Waals surface area contributed by atoms with E-state index in [9.17, 15) is 0 Å². The van der Waals surface area contributed by atoms with Gasteiger partial charge in [0.05, 0.1) is 27.2 Å². The molecule has 2 rings (SSSR count). The molecule has 0 bridgehead atoms. The summed E-state index contributed by atoms with van der Waals surface area (Å²) in [4.78, 5) is 0. The first kappa shape index (κ1) is 32.4. The summed E-state index contributed by atoms with van der Waals surface area (Å²) in [5.41, 5.74) is 2.80. The van der Waals surface area contributed by atoms with E-state index in [2.05, 4.69) is 70.4 Å². The second-order valence-electron chi connectivity index (χ2n) is 11.6. The molecule has 204 valence electrons. The van der Waals surface area contributed by atoms with Crippen LogP contribution in [0.1, 0.15) is 121 Å². The lowest BCUT2D eigenvalue weighted by Gasteiger charge is -2.30. The van der Waals surface area contributed by atoms with Gasteiger partial charge in [-0.05, 0) is 25.3 Å². The van der Waals surface area contributed by atoms with Crippen molar-refractivity contribution in [3.63, 3.8) is 0 Å². The van der Waals surface area contributed by atoms with E-state index in [0.717, 1.165) is 4.48 Å². The standard InChI is InChI=1S/C28H52N.C7H8/c1-4-5-6-7-8-9-10-11-12-13-14-15-16-17-18-22-26-29(2,3)27-25-28-23-20-19-21-24-28;1-7-5-3-2-4-6-7/h19-21,23-24H,4-18,22,25-27H2,1-3H3;2-6H,1H3/q+1;. The summed E-state index contributed by atoms with van der Waals surface area (Å²) >= 11 is 0. The van der Waals surface area contributed by atoms with Crippen molar-refractivity contribution in [3.8, 4) is 0 Å². The van der Waals surface area contributed by atoms with Gasteiger partial charge in [-0.25, -0.2) is 0 Å². The van der Waals surface area contributed by atoms with Crippen molar-refractivity contribution in [2.24, 2.45) is 0 Å². The van der Waals surface area contributed by atoms with Crippen LogP contribution in [0.15, 0.2) is 60.7 Å². The third-order valence-corrected chi connectivity index (χ3v) is 7.41. The molecule has 2 aromatic carbocycles. The minimum absolute atomic E-state index is 1.16. The maximum Gasteiger partial charge on any atom is 0.0823 e. The molecule has 0 aromatic heterocycles. The van der Waals surface area contributed by atoms with Crippen LogP contribution in [0.4, 0.5) is 0 Å². The van der Waals surface area contributed by atoms with Crippen LogP contribution in [0.2, 0.25) is 0 Å². The van der Waals surface area contributed by atoms with Crippen LogP contribution in [0, 0.1) is 6.92 Å². The van der Waals surface area contributed by atoms with E-state index in [4.69, 9.17) is 0 Å². The predicted molar refractivity (Wildman–Crippen MR) is 163 cm³/mol. The molecule has 0 radical (unpaired) electrons. The lowest BCUT2D eigenvalue weighted by atomic mass is 10.0. The minimum atomic E-state index is 1.16. The third-order valence-electron chi connectivity index (χ3n) is 7.41. The quantitative estimate of drug-likeness (QED) is 0.127. The number of unbranched alkanes of at least 4 members (excludes halogenated alkanes) is 15. The van der Waals surface area contributed by atoms with Gasteiger partial charge in [0.2, 0.25) is 0 Å². The Labute approximate surface area is 226 Å². The molecule has 0 aliphatic carbocycles. The second-order valence-corrected chi connectivity index (χ2v) is 11.6. The SMILES string of the molecule is CCCCCCCCCCCCCCCCCC[N+](C)(C)CCc1ccccc1.Cc1ccccc1. The highest BCUT2D eigenvalue weighted by Gasteiger charge is 2.14. The lowest BCUT2D eigenvalue weighted by molar-refractivity contribution is -0.890. The average molecular weight is 495 g/mol. The van der Waals surface area contributed by atoms with Crippen LogP contribution in [0.5, 0.6) is 0 Å². The van der Waals surface area contributed by atoms with Crippen molar-refractivity contribution in [2.75, 3.05) is 27.2 Å². The molecular formula is C35H60N+. The minimum Gasteiger partial charge on any atom is -0.328 e. The number of rotatable bonds is 20. The van der Waals surface area contributed by atoms with Gasteiger partial charge in [0, 0.05) is 6.42 Å². The molecule has 2 aromatic rings. The van der Waals surface area contributed by atoms with Crippen molar-refractivity contribution in [2.45, 2.75) is 123 Å². The van der Waals surface area contributed by atoms with Gasteiger partial charge in [-0.1, -0.05) is 163 Å². The van der Waals surface area contributed by atoms with Crippen molar-refractivity contribution < 1.29 is 4.48 Å². The number of nitrogens with zero attached hydrogens (tertiary/aromatic N) is 1. The normalized spacial score (nSPS) is 11.2. The number of likely N-dealkylation sites (N-methyl/N-ethyl adjacent to an activating group) is 1. The monoisotopic (exact) mass is 494 g/mol. The largest absolute Gasteiger partial charge is 0.328 e. The smallest absolute Gasteiger partial charge is 0.0823 e. The van der Waals surface area contributed by atoms with E-state index in [0.29, 0.717) is 0 Å². The van der Waals surface area contributed by atoms with Crippen LogP contribution in [-0.2, 0) is 6.42 Å². The molecule has 0 spiro atoms. The van der Waals surface area contributed by atoms with Crippen molar-refractivity contribution in [1.29, 1.82) is 0 Å². The Morgan fingerprint density at radius 1 is 0.472 bits per heavy atom. The van der Waals surface area contributed by atoms with E-state index in [1.54, 1.807) is 0 Å². The zero-order valence-corrected chi connectivity index (χ0v) is 24.7. The fourth-order valence-corrected chi connectivity index (χ4v) is 4.81. The first-order chi connectivity index (χ1) is 17.5. The fraction of sp³-hybridized carbons (Fsp3) is 0.657. The van der Waals surface area contributed by atoms with Crippen molar-refractivity contribution in [1.82, 2.24) is 0 Å². The number of hydrogen-bond donors (Lipinski definition) is 0. The Hall–Kier alpha value is -1.60. The van der Waals surface area contributed by atoms with E-state index in [1.165, 1.54) is 133 Å². The molecule has 0 N–H and O–H groups in total. The topological polar surface area (TPSA) is 0 Å². The highest BCUT2D eigenvalue weighted by Crippen LogP contribution is 2.14. The van der Waals surface area contributed by atoms with E-state index < -0.39 is 0 Å². The molecule has 0 aliphatic heterocycles. The Balaban J connectivity index is 0.000000789. The zero-order valence-electron chi connectivity index (χ0n) is 24.7. The molecule has 0 amide bonds. The van der Waals surface area contributed by atoms with Crippen LogP contribution in [0.3, 0.4) is 0 Å². The predicted octanol–water partition coefficient (Wildman–Crippen LogP) is 10.6. The Morgan fingerprint density at radius 2 is 0.861 bits per heavy atom. The van der Waals surface area contributed by atoms with Gasteiger partial charge >= 0.3 is 0 Å². The second kappa shape index (κ2) is 22.6. The number of hydrogen-bond acceptors (Lipinski definition) is 0. The summed E-state index contributed by atoms with van der Waals surface area (Å²) in [6.45, 7) is 6.96. The van der Waals surface area contributed by atoms with Gasteiger partial charge in [-0.2, -0.15) is 0 Å². The molecular weight excluding hydrogens is 434 g/mol.